The molecule has 2 heteroatoms. The number of para-hydroxylation sites is 2. The Kier molecular flexibility index (Phi) is 5.19. The maximum atomic E-state index is 6.78. The van der Waals surface area contributed by atoms with E-state index in [0.29, 0.717) is 5.92 Å². The zero-order valence-electron chi connectivity index (χ0n) is 23.9. The van der Waals surface area contributed by atoms with Crippen LogP contribution in [0.3, 0.4) is 0 Å². The number of aliphatic imine (C=N–C) groups is 1. The lowest BCUT2D eigenvalue weighted by Crippen LogP contribution is -2.32. The van der Waals surface area contributed by atoms with Gasteiger partial charge in [0.2, 0.25) is 0 Å². The minimum absolute atomic E-state index is 0.387. The van der Waals surface area contributed by atoms with Gasteiger partial charge >= 0.3 is 0 Å². The highest BCUT2D eigenvalue weighted by Crippen LogP contribution is 2.62. The first kappa shape index (κ1) is 24.4. The van der Waals surface area contributed by atoms with Crippen LogP contribution in [0.4, 0.5) is 5.69 Å². The summed E-state index contributed by atoms with van der Waals surface area (Å²) in [6.45, 7) is 2.31. The van der Waals surface area contributed by atoms with Crippen molar-refractivity contribution in [3.8, 4) is 33.8 Å². The molecule has 2 nitrogen and oxygen atoms in total. The average molecular weight is 552 g/mol. The molecule has 0 amide bonds. The van der Waals surface area contributed by atoms with Crippen molar-refractivity contribution >= 4 is 11.4 Å². The summed E-state index contributed by atoms with van der Waals surface area (Å²) in [4.78, 5) is 5.30. The van der Waals surface area contributed by atoms with Crippen LogP contribution < -0.4 is 4.74 Å². The summed E-state index contributed by atoms with van der Waals surface area (Å²) in [7, 11) is 0. The lowest BCUT2D eigenvalue weighted by atomic mass is 9.66. The third kappa shape index (κ3) is 3.38. The average Bonchev–Trinajstić information content (AvgIpc) is 3.36. The molecular weight excluding hydrogens is 522 g/mol. The molecule has 0 saturated carbocycles. The van der Waals surface area contributed by atoms with E-state index in [1.807, 2.05) is 0 Å². The first-order valence-corrected chi connectivity index (χ1v) is 15.1. The molecule has 1 unspecified atom stereocenters. The molecule has 3 aliphatic rings. The Morgan fingerprint density at radius 1 is 0.558 bits per heavy atom. The number of hydrogen-bond acceptors (Lipinski definition) is 2. The summed E-state index contributed by atoms with van der Waals surface area (Å²) in [5.74, 6) is 2.20. The van der Waals surface area contributed by atoms with Gasteiger partial charge in [-0.25, -0.2) is 0 Å². The Hall–Kier alpha value is -5.21. The van der Waals surface area contributed by atoms with E-state index in [-0.39, 0.29) is 0 Å². The third-order valence-corrected chi connectivity index (χ3v) is 9.61. The maximum absolute atomic E-state index is 6.78. The molecule has 43 heavy (non-hydrogen) atoms. The van der Waals surface area contributed by atoms with Crippen molar-refractivity contribution in [3.63, 3.8) is 0 Å². The fraction of sp³-hybridized carbons (Fsp3) is 0.0976. The molecule has 1 aliphatic carbocycles. The van der Waals surface area contributed by atoms with E-state index in [4.69, 9.17) is 9.73 Å². The molecule has 2 heterocycles. The normalized spacial score (nSPS) is 16.7. The number of rotatable bonds is 2. The van der Waals surface area contributed by atoms with E-state index in [9.17, 15) is 0 Å². The molecule has 1 atom stereocenters. The van der Waals surface area contributed by atoms with Gasteiger partial charge in [0.05, 0.1) is 11.1 Å². The van der Waals surface area contributed by atoms with Crippen LogP contribution in [0.5, 0.6) is 11.5 Å². The van der Waals surface area contributed by atoms with Crippen LogP contribution >= 0.6 is 0 Å². The molecule has 0 fully saturated rings. The molecular formula is C41H29NO. The highest BCUT2D eigenvalue weighted by Gasteiger charge is 2.50. The molecule has 204 valence electrons. The number of benzene rings is 6. The second kappa shape index (κ2) is 9.14. The Balaban J connectivity index is 1.28. The summed E-state index contributed by atoms with van der Waals surface area (Å²) in [5.41, 5.74) is 14.1. The highest BCUT2D eigenvalue weighted by atomic mass is 16.5. The van der Waals surface area contributed by atoms with Crippen LogP contribution in [0.2, 0.25) is 0 Å². The van der Waals surface area contributed by atoms with Gasteiger partial charge in [0, 0.05) is 22.4 Å². The summed E-state index contributed by atoms with van der Waals surface area (Å²) in [6, 6.07) is 50.3. The topological polar surface area (TPSA) is 21.6 Å². The molecule has 0 aromatic heterocycles. The van der Waals surface area contributed by atoms with Crippen molar-refractivity contribution < 1.29 is 4.74 Å². The molecule has 0 bridgehead atoms. The predicted molar refractivity (Wildman–Crippen MR) is 175 cm³/mol. The second-order valence-electron chi connectivity index (χ2n) is 11.9. The van der Waals surface area contributed by atoms with Gasteiger partial charge in [-0.05, 0) is 63.4 Å². The van der Waals surface area contributed by atoms with E-state index in [1.54, 1.807) is 0 Å². The van der Waals surface area contributed by atoms with Gasteiger partial charge < -0.3 is 4.74 Å². The van der Waals surface area contributed by atoms with Gasteiger partial charge in [0.1, 0.15) is 11.5 Å². The van der Waals surface area contributed by atoms with Gasteiger partial charge in [0.25, 0.3) is 0 Å². The van der Waals surface area contributed by atoms with Gasteiger partial charge in [-0.2, -0.15) is 0 Å². The summed E-state index contributed by atoms with van der Waals surface area (Å²) >= 11 is 0. The number of hydrogen-bond donors (Lipinski definition) is 0. The third-order valence-electron chi connectivity index (χ3n) is 9.61. The maximum Gasteiger partial charge on any atom is 0.132 e. The molecule has 0 radical (unpaired) electrons. The van der Waals surface area contributed by atoms with Crippen molar-refractivity contribution in [2.75, 3.05) is 0 Å². The van der Waals surface area contributed by atoms with Crippen LogP contribution in [0.25, 0.3) is 22.3 Å². The van der Waals surface area contributed by atoms with Gasteiger partial charge in [0.15, 0.2) is 0 Å². The van der Waals surface area contributed by atoms with Gasteiger partial charge in [-0.3, -0.25) is 4.99 Å². The van der Waals surface area contributed by atoms with E-state index in [0.717, 1.165) is 40.4 Å². The van der Waals surface area contributed by atoms with Crippen molar-refractivity contribution in [1.82, 2.24) is 0 Å². The zero-order valence-corrected chi connectivity index (χ0v) is 23.9. The monoisotopic (exact) mass is 551 g/mol. The van der Waals surface area contributed by atoms with E-state index in [1.165, 1.54) is 44.5 Å². The Morgan fingerprint density at radius 2 is 1.19 bits per heavy atom. The molecule has 1 spiro atoms. The first-order chi connectivity index (χ1) is 21.2. The SMILES string of the molecule is CC1CC(c2ccccc2)=Nc2c(-c3ccc4c(c3)Oc3ccccc3C43c4ccccc4-c4ccccc43)cccc21. The summed E-state index contributed by atoms with van der Waals surface area (Å²) < 4.78 is 6.78. The van der Waals surface area contributed by atoms with E-state index >= 15 is 0 Å². The first-order valence-electron chi connectivity index (χ1n) is 15.1. The molecule has 9 rings (SSSR count). The van der Waals surface area contributed by atoms with Crippen LogP contribution in [0.1, 0.15) is 52.6 Å². The molecule has 0 saturated heterocycles. The van der Waals surface area contributed by atoms with E-state index in [2.05, 4.69) is 146 Å². The fourth-order valence-electron chi connectivity index (χ4n) is 7.74. The quantitative estimate of drug-likeness (QED) is 0.209. The van der Waals surface area contributed by atoms with Crippen molar-refractivity contribution in [2.45, 2.75) is 24.7 Å². The lowest BCUT2D eigenvalue weighted by molar-refractivity contribution is 0.436. The van der Waals surface area contributed by atoms with Crippen molar-refractivity contribution in [2.24, 2.45) is 4.99 Å². The standard InChI is InChI=1S/C41H29NO/c1-26-24-37(27-12-3-2-4-13-27)42-40-29(26)16-11-17-30(40)28-22-23-36-39(25-28)43-38-21-10-9-20-35(38)41(36)33-18-7-5-14-31(33)32-15-6-8-19-34(32)41/h2-23,25-26H,24H2,1H3. The number of fused-ring (bicyclic) bond motifs is 10. The van der Waals surface area contributed by atoms with Gasteiger partial charge in [-0.15, -0.1) is 0 Å². The van der Waals surface area contributed by atoms with Crippen LogP contribution in [-0.2, 0) is 5.41 Å². The van der Waals surface area contributed by atoms with Crippen molar-refractivity contribution in [1.29, 1.82) is 0 Å². The van der Waals surface area contributed by atoms with Crippen LogP contribution in [0, 0.1) is 0 Å². The predicted octanol–water partition coefficient (Wildman–Crippen LogP) is 10.5. The summed E-state index contributed by atoms with van der Waals surface area (Å²) in [6.07, 6.45) is 0.936. The molecule has 2 aliphatic heterocycles. The van der Waals surface area contributed by atoms with Crippen LogP contribution in [-0.4, -0.2) is 5.71 Å². The lowest BCUT2D eigenvalue weighted by Gasteiger charge is -2.39. The summed E-state index contributed by atoms with van der Waals surface area (Å²) in [5, 5.41) is 0. The minimum Gasteiger partial charge on any atom is -0.457 e. The number of ether oxygens (including phenoxy) is 1. The largest absolute Gasteiger partial charge is 0.457 e. The van der Waals surface area contributed by atoms with Crippen LogP contribution in [0.15, 0.2) is 145 Å². The highest BCUT2D eigenvalue weighted by molar-refractivity contribution is 6.05. The Bertz CT molecular complexity index is 2060. The Morgan fingerprint density at radius 3 is 1.95 bits per heavy atom. The molecule has 6 aromatic rings. The smallest absolute Gasteiger partial charge is 0.132 e. The molecule has 0 N–H and O–H groups in total. The van der Waals surface area contributed by atoms with E-state index < -0.39 is 5.41 Å². The second-order valence-corrected chi connectivity index (χ2v) is 11.9. The van der Waals surface area contributed by atoms with Crippen molar-refractivity contribution in [3.05, 3.63) is 173 Å². The van der Waals surface area contributed by atoms with Gasteiger partial charge in [-0.1, -0.05) is 134 Å². The Labute approximate surface area is 252 Å². The fourth-order valence-corrected chi connectivity index (χ4v) is 7.74. The zero-order chi connectivity index (χ0) is 28.5. The minimum atomic E-state index is -0.445. The number of nitrogens with zero attached hydrogens (tertiary/aromatic N) is 1. The molecule has 6 aromatic carbocycles.